The summed E-state index contributed by atoms with van der Waals surface area (Å²) in [4.78, 5) is 18.9. The number of hydrogen-bond donors (Lipinski definition) is 4. The predicted molar refractivity (Wildman–Crippen MR) is 186 cm³/mol. The van der Waals surface area contributed by atoms with Crippen molar-refractivity contribution in [2.75, 3.05) is 6.61 Å². The Hall–Kier alpha value is -1.46. The van der Waals surface area contributed by atoms with Gasteiger partial charge in [0.25, 0.3) is 0 Å². The molecule has 5 heterocycles. The molecule has 0 aromatic rings. The summed E-state index contributed by atoms with van der Waals surface area (Å²) in [6.45, 7) is 20.7. The molecule has 5 unspecified atom stereocenters. The lowest BCUT2D eigenvalue weighted by atomic mass is 9.81. The molecule has 0 radical (unpaired) electrons. The lowest BCUT2D eigenvalue weighted by Gasteiger charge is -2.45. The summed E-state index contributed by atoms with van der Waals surface area (Å²) in [7, 11) is 0. The number of carbonyl (C=O) groups is 1. The van der Waals surface area contributed by atoms with Crippen LogP contribution in [-0.2, 0) is 42.7 Å². The van der Waals surface area contributed by atoms with Crippen LogP contribution in [0.25, 0.3) is 0 Å². The van der Waals surface area contributed by atoms with E-state index < -0.39 is 95.9 Å². The number of nitrogens with two attached hydrogens (primary N) is 1. The highest BCUT2D eigenvalue weighted by molar-refractivity contribution is 5.79. The number of aliphatic hydroxyl groups is 3. The van der Waals surface area contributed by atoms with Crippen LogP contribution in [0.5, 0.6) is 0 Å². The molecule has 51 heavy (non-hydrogen) atoms. The largest absolute Gasteiger partial charge is 0.475 e. The minimum atomic E-state index is -1.84. The number of aliphatic hydroxyl groups excluding tert-OH is 2. The van der Waals surface area contributed by atoms with Gasteiger partial charge in [0, 0.05) is 24.3 Å². The lowest BCUT2D eigenvalue weighted by molar-refractivity contribution is -0.291. The summed E-state index contributed by atoms with van der Waals surface area (Å²) < 4.78 is 51.1. The van der Waals surface area contributed by atoms with Crippen molar-refractivity contribution < 1.29 is 58.0 Å². The number of epoxide rings is 1. The van der Waals surface area contributed by atoms with Crippen molar-refractivity contribution in [3.05, 3.63) is 0 Å². The standard InChI is InChI=1S/C37H64N2O12/c1-12-17(3)32-39-21(7)30(41)36(11,43)25(13-2)47-33(42)20(6)28(48-26-15-35(10)37(16-44-37)31(49-26)23(9)51-35)19(5)29(22(8)46-32)50-34-27(40)24(38)14-18(4)45-34/h17-31,34,40-41,43H,12-16,38H2,1-11H3/t17-,18?,19+,20-,21-,22?,23?,24?,25-,26-,27+,28+,29-,30-,31?,34+,35+,36-,37+/m1/s1. The van der Waals surface area contributed by atoms with Gasteiger partial charge in [-0.15, -0.1) is 0 Å². The second kappa shape index (κ2) is 15.3. The van der Waals surface area contributed by atoms with E-state index in [2.05, 4.69) is 0 Å². The number of esters is 1. The molecule has 5 aliphatic heterocycles. The fourth-order valence-corrected chi connectivity index (χ4v) is 8.58. The molecule has 19 atom stereocenters. The maximum atomic E-state index is 14.1. The van der Waals surface area contributed by atoms with E-state index in [-0.39, 0.29) is 30.7 Å². The topological polar surface area (TPSA) is 193 Å². The highest BCUT2D eigenvalue weighted by Crippen LogP contribution is 2.57. The van der Waals surface area contributed by atoms with Crippen LogP contribution < -0.4 is 5.73 Å². The molecular formula is C37H64N2O12. The Balaban J connectivity index is 1.56. The van der Waals surface area contributed by atoms with Crippen LogP contribution in [0, 0.1) is 17.8 Å². The van der Waals surface area contributed by atoms with Gasteiger partial charge in [-0.3, -0.25) is 4.79 Å². The Morgan fingerprint density at radius 3 is 2.25 bits per heavy atom. The van der Waals surface area contributed by atoms with Gasteiger partial charge in [0.15, 0.2) is 18.5 Å². The highest BCUT2D eigenvalue weighted by Gasteiger charge is 2.75. The van der Waals surface area contributed by atoms with Crippen molar-refractivity contribution in [2.24, 2.45) is 28.5 Å². The van der Waals surface area contributed by atoms with Gasteiger partial charge in [-0.2, -0.15) is 0 Å². The summed E-state index contributed by atoms with van der Waals surface area (Å²) in [6.07, 6.45) is -7.03. The van der Waals surface area contributed by atoms with Crippen molar-refractivity contribution in [1.29, 1.82) is 0 Å². The number of aliphatic imine (C=N–C) groups is 1. The zero-order chi connectivity index (χ0) is 37.8. The number of hydrogen-bond acceptors (Lipinski definition) is 14. The molecule has 4 fully saturated rings. The van der Waals surface area contributed by atoms with Crippen molar-refractivity contribution in [1.82, 2.24) is 0 Å². The van der Waals surface area contributed by atoms with E-state index in [0.29, 0.717) is 31.8 Å². The fourth-order valence-electron chi connectivity index (χ4n) is 8.58. The summed E-state index contributed by atoms with van der Waals surface area (Å²) in [5, 5.41) is 34.3. The van der Waals surface area contributed by atoms with Gasteiger partial charge >= 0.3 is 5.97 Å². The van der Waals surface area contributed by atoms with Gasteiger partial charge in [0.05, 0.1) is 36.9 Å². The number of ether oxygens (including phenoxy) is 8. The molecular weight excluding hydrogens is 664 g/mol. The van der Waals surface area contributed by atoms with E-state index in [0.717, 1.165) is 0 Å². The molecule has 14 heteroatoms. The summed E-state index contributed by atoms with van der Waals surface area (Å²) in [5.74, 6) is -1.93. The Bertz CT molecular complexity index is 1250. The van der Waals surface area contributed by atoms with E-state index in [9.17, 15) is 20.1 Å². The third-order valence-corrected chi connectivity index (χ3v) is 12.2. The lowest BCUT2D eigenvalue weighted by Crippen LogP contribution is -2.58. The number of carbonyl (C=O) groups excluding carboxylic acids is 1. The normalized spacial score (nSPS) is 51.6. The second-order valence-corrected chi connectivity index (χ2v) is 16.3. The summed E-state index contributed by atoms with van der Waals surface area (Å²) >= 11 is 0. The molecule has 2 bridgehead atoms. The first-order chi connectivity index (χ1) is 23.8. The summed E-state index contributed by atoms with van der Waals surface area (Å²) in [6, 6.07) is -1.39. The molecule has 14 nitrogen and oxygen atoms in total. The smallest absolute Gasteiger partial charge is 0.311 e. The minimum Gasteiger partial charge on any atom is -0.475 e. The van der Waals surface area contributed by atoms with E-state index in [1.54, 1.807) is 20.8 Å². The first-order valence-corrected chi connectivity index (χ1v) is 19.0. The van der Waals surface area contributed by atoms with Crippen LogP contribution in [0.15, 0.2) is 4.99 Å². The van der Waals surface area contributed by atoms with Gasteiger partial charge < -0.3 is 58.9 Å². The number of rotatable bonds is 7. The molecule has 4 saturated heterocycles. The van der Waals surface area contributed by atoms with Crippen molar-refractivity contribution >= 4 is 11.9 Å². The first-order valence-electron chi connectivity index (χ1n) is 19.0. The molecule has 0 aliphatic carbocycles. The van der Waals surface area contributed by atoms with E-state index in [4.69, 9.17) is 48.6 Å². The van der Waals surface area contributed by atoms with Gasteiger partial charge in [0.1, 0.15) is 53.4 Å². The molecule has 0 amide bonds. The third kappa shape index (κ3) is 7.74. The zero-order valence-corrected chi connectivity index (χ0v) is 32.3. The highest BCUT2D eigenvalue weighted by atomic mass is 16.7. The van der Waals surface area contributed by atoms with Crippen LogP contribution in [0.2, 0.25) is 0 Å². The van der Waals surface area contributed by atoms with Gasteiger partial charge in [-0.25, -0.2) is 4.99 Å². The monoisotopic (exact) mass is 728 g/mol. The maximum absolute atomic E-state index is 14.1. The second-order valence-electron chi connectivity index (χ2n) is 16.3. The number of cyclic esters (lactones) is 1. The van der Waals surface area contributed by atoms with Crippen molar-refractivity contribution in [2.45, 2.75) is 198 Å². The fraction of sp³-hybridized carbons (Fsp3) is 0.946. The average molecular weight is 729 g/mol. The molecule has 0 aromatic carbocycles. The third-order valence-electron chi connectivity index (χ3n) is 12.2. The van der Waals surface area contributed by atoms with Crippen LogP contribution in [0.4, 0.5) is 0 Å². The quantitative estimate of drug-likeness (QED) is 0.221. The van der Waals surface area contributed by atoms with E-state index in [1.165, 1.54) is 6.92 Å². The average Bonchev–Trinajstić information content (AvgIpc) is 3.86. The van der Waals surface area contributed by atoms with Crippen molar-refractivity contribution in [3.8, 4) is 0 Å². The number of nitrogens with zero attached hydrogens (tertiary/aromatic N) is 1. The van der Waals surface area contributed by atoms with E-state index >= 15 is 0 Å². The van der Waals surface area contributed by atoms with Crippen LogP contribution in [0.1, 0.15) is 102 Å². The Labute approximate surface area is 303 Å². The van der Waals surface area contributed by atoms with Crippen LogP contribution in [-0.4, -0.2) is 130 Å². The molecule has 294 valence electrons. The molecule has 5 rings (SSSR count). The Morgan fingerprint density at radius 2 is 1.67 bits per heavy atom. The molecule has 5 N–H and O–H groups in total. The van der Waals surface area contributed by atoms with Gasteiger partial charge in [-0.05, 0) is 67.7 Å². The van der Waals surface area contributed by atoms with Crippen LogP contribution in [0.3, 0.4) is 0 Å². The maximum Gasteiger partial charge on any atom is 0.311 e. The molecule has 0 saturated carbocycles. The minimum absolute atomic E-state index is 0.155. The zero-order valence-electron chi connectivity index (χ0n) is 32.3. The Kier molecular flexibility index (Phi) is 12.3. The molecule has 0 aromatic heterocycles. The molecule has 5 aliphatic rings. The van der Waals surface area contributed by atoms with Crippen molar-refractivity contribution in [3.63, 3.8) is 0 Å². The van der Waals surface area contributed by atoms with E-state index in [1.807, 2.05) is 48.5 Å². The summed E-state index contributed by atoms with van der Waals surface area (Å²) in [5.41, 5.74) is 3.27. The van der Waals surface area contributed by atoms with Crippen LogP contribution >= 0.6 is 0 Å². The SMILES string of the molecule is CC[C@@H](C)C1=N[C@H](C)[C@@H](O)[C@](C)(O)[C@@H](CC)OC(=O)[C@H](C)[C@@H](O[C@H]2C[C@]3(C)OC(C)C(O2)[C@@]32CO2)[C@H](C)[C@@H](O[C@@H]2OC(C)CC(N)[C@@H]2O)C(C)O1. The van der Waals surface area contributed by atoms with Gasteiger partial charge in [-0.1, -0.05) is 27.7 Å². The molecule has 1 spiro atoms. The first kappa shape index (κ1) is 40.7. The predicted octanol–water partition coefficient (Wildman–Crippen LogP) is 2.60. The van der Waals surface area contributed by atoms with Gasteiger partial charge in [0.2, 0.25) is 0 Å². The Morgan fingerprint density at radius 1 is 1.00 bits per heavy atom.